The van der Waals surface area contributed by atoms with Crippen molar-refractivity contribution in [2.45, 2.75) is 13.5 Å². The summed E-state index contributed by atoms with van der Waals surface area (Å²) >= 11 is 0. The predicted octanol–water partition coefficient (Wildman–Crippen LogP) is 4.82. The second kappa shape index (κ2) is 9.01. The van der Waals surface area contributed by atoms with Crippen molar-refractivity contribution in [1.29, 1.82) is 0 Å². The van der Waals surface area contributed by atoms with E-state index in [1.807, 2.05) is 48.5 Å². The molecule has 0 saturated carbocycles. The summed E-state index contributed by atoms with van der Waals surface area (Å²) < 4.78 is 22.6. The number of carbonyl (C=O) groups excluding carboxylic acids is 1. The van der Waals surface area contributed by atoms with E-state index in [2.05, 4.69) is 10.3 Å². The van der Waals surface area contributed by atoms with E-state index in [1.54, 1.807) is 27.5 Å². The molecule has 0 atom stereocenters. The van der Waals surface area contributed by atoms with Crippen LogP contribution in [0.2, 0.25) is 0 Å². The normalized spacial score (nSPS) is 10.8. The highest BCUT2D eigenvalue weighted by atomic mass is 16.5. The highest BCUT2D eigenvalue weighted by Crippen LogP contribution is 2.42. The Bertz CT molecular complexity index is 1240. The van der Waals surface area contributed by atoms with E-state index in [0.29, 0.717) is 35.1 Å². The van der Waals surface area contributed by atoms with Crippen LogP contribution in [0.25, 0.3) is 33.6 Å². The fraction of sp³-hybridized carbons (Fsp3) is 0.200. The first-order chi connectivity index (χ1) is 15.5. The first-order valence-electron chi connectivity index (χ1n) is 10.1. The van der Waals surface area contributed by atoms with Crippen LogP contribution in [-0.2, 0) is 11.3 Å². The summed E-state index contributed by atoms with van der Waals surface area (Å²) in [7, 11) is 4.73. The standard InChI is InChI=1S/C25H24N2O5/c1-15(28)27-14-16-5-7-17(8-6-16)19-9-10-26-20-13-21(32-24(19)20)18-11-22(29-2)25(31-4)23(12-18)30-3/h5-13H,14H2,1-4H3,(H,27,28). The molecule has 2 aromatic carbocycles. The summed E-state index contributed by atoms with van der Waals surface area (Å²) in [4.78, 5) is 15.6. The molecule has 32 heavy (non-hydrogen) atoms. The molecule has 0 aliphatic carbocycles. The van der Waals surface area contributed by atoms with Crippen molar-refractivity contribution in [3.63, 3.8) is 0 Å². The van der Waals surface area contributed by atoms with Crippen LogP contribution in [0, 0.1) is 0 Å². The van der Waals surface area contributed by atoms with Crippen molar-refractivity contribution in [2.75, 3.05) is 21.3 Å². The number of amides is 1. The molecule has 164 valence electrons. The van der Waals surface area contributed by atoms with E-state index in [4.69, 9.17) is 18.6 Å². The minimum Gasteiger partial charge on any atom is -0.493 e. The SMILES string of the molecule is COc1cc(-c2cc3nccc(-c4ccc(CNC(C)=O)cc4)c3o2)cc(OC)c1OC. The zero-order valence-electron chi connectivity index (χ0n) is 18.4. The zero-order valence-corrected chi connectivity index (χ0v) is 18.4. The maximum absolute atomic E-state index is 11.1. The van der Waals surface area contributed by atoms with Crippen molar-refractivity contribution >= 4 is 17.0 Å². The summed E-state index contributed by atoms with van der Waals surface area (Å²) in [6.45, 7) is 2.00. The van der Waals surface area contributed by atoms with Gasteiger partial charge in [0.25, 0.3) is 0 Å². The van der Waals surface area contributed by atoms with Gasteiger partial charge in [0.2, 0.25) is 11.7 Å². The van der Waals surface area contributed by atoms with Crippen LogP contribution >= 0.6 is 0 Å². The molecule has 0 unspecified atom stereocenters. The van der Waals surface area contributed by atoms with Gasteiger partial charge in [-0.15, -0.1) is 0 Å². The molecule has 0 fully saturated rings. The number of fused-ring (bicyclic) bond motifs is 1. The van der Waals surface area contributed by atoms with Crippen molar-refractivity contribution in [3.8, 4) is 39.7 Å². The van der Waals surface area contributed by atoms with E-state index in [0.717, 1.165) is 27.8 Å². The first-order valence-corrected chi connectivity index (χ1v) is 10.1. The van der Waals surface area contributed by atoms with Gasteiger partial charge < -0.3 is 23.9 Å². The molecule has 7 nitrogen and oxygen atoms in total. The van der Waals surface area contributed by atoms with Gasteiger partial charge in [-0.2, -0.15) is 0 Å². The van der Waals surface area contributed by atoms with Gasteiger partial charge in [-0.05, 0) is 29.3 Å². The summed E-state index contributed by atoms with van der Waals surface area (Å²) in [5.41, 5.74) is 5.16. The highest BCUT2D eigenvalue weighted by Gasteiger charge is 2.18. The topological polar surface area (TPSA) is 82.8 Å². The van der Waals surface area contributed by atoms with Crippen LogP contribution in [0.5, 0.6) is 17.2 Å². The third kappa shape index (κ3) is 4.09. The van der Waals surface area contributed by atoms with Crippen LogP contribution in [0.4, 0.5) is 0 Å². The lowest BCUT2D eigenvalue weighted by molar-refractivity contribution is -0.119. The smallest absolute Gasteiger partial charge is 0.217 e. The second-order valence-corrected chi connectivity index (χ2v) is 7.20. The monoisotopic (exact) mass is 432 g/mol. The molecule has 0 aliphatic rings. The number of carbonyl (C=O) groups is 1. The average molecular weight is 432 g/mol. The van der Waals surface area contributed by atoms with Gasteiger partial charge in [0.05, 0.1) is 21.3 Å². The maximum Gasteiger partial charge on any atom is 0.217 e. The number of hydrogen-bond donors (Lipinski definition) is 1. The Hall–Kier alpha value is -4.00. The number of methoxy groups -OCH3 is 3. The van der Waals surface area contributed by atoms with Crippen LogP contribution in [-0.4, -0.2) is 32.2 Å². The third-order valence-electron chi connectivity index (χ3n) is 5.17. The van der Waals surface area contributed by atoms with Crippen molar-refractivity contribution in [2.24, 2.45) is 0 Å². The molecule has 0 aliphatic heterocycles. The highest BCUT2D eigenvalue weighted by molar-refractivity contribution is 5.92. The van der Waals surface area contributed by atoms with Gasteiger partial charge in [-0.3, -0.25) is 9.78 Å². The molecule has 4 aromatic rings. The molecule has 1 amide bonds. The molecule has 7 heteroatoms. The number of benzene rings is 2. The Morgan fingerprint density at radius 3 is 2.22 bits per heavy atom. The molecule has 0 spiro atoms. The molecular weight excluding hydrogens is 408 g/mol. The van der Waals surface area contributed by atoms with E-state index in [9.17, 15) is 4.79 Å². The molecule has 0 saturated heterocycles. The summed E-state index contributed by atoms with van der Waals surface area (Å²) in [6.07, 6.45) is 1.76. The number of rotatable bonds is 7. The summed E-state index contributed by atoms with van der Waals surface area (Å²) in [6, 6.07) is 15.5. The molecule has 1 N–H and O–H groups in total. The lowest BCUT2D eigenvalue weighted by Gasteiger charge is -2.13. The largest absolute Gasteiger partial charge is 0.493 e. The van der Waals surface area contributed by atoms with Crippen LogP contribution < -0.4 is 19.5 Å². The van der Waals surface area contributed by atoms with Gasteiger partial charge in [-0.25, -0.2) is 0 Å². The first kappa shape index (κ1) is 21.2. The lowest BCUT2D eigenvalue weighted by atomic mass is 10.0. The fourth-order valence-corrected chi connectivity index (χ4v) is 3.56. The third-order valence-corrected chi connectivity index (χ3v) is 5.17. The van der Waals surface area contributed by atoms with E-state index < -0.39 is 0 Å². The number of nitrogens with zero attached hydrogens (tertiary/aromatic N) is 1. The maximum atomic E-state index is 11.1. The quantitative estimate of drug-likeness (QED) is 0.451. The average Bonchev–Trinajstić information content (AvgIpc) is 3.26. The number of aromatic nitrogens is 1. The number of pyridine rings is 1. The van der Waals surface area contributed by atoms with Gasteiger partial charge in [0.15, 0.2) is 17.1 Å². The summed E-state index contributed by atoms with van der Waals surface area (Å²) in [5.74, 6) is 2.20. The summed E-state index contributed by atoms with van der Waals surface area (Å²) in [5, 5.41) is 2.80. The molecule has 0 bridgehead atoms. The number of nitrogens with one attached hydrogen (secondary N) is 1. The van der Waals surface area contributed by atoms with Crippen molar-refractivity contribution in [3.05, 3.63) is 60.3 Å². The van der Waals surface area contributed by atoms with Gasteiger partial charge in [-0.1, -0.05) is 24.3 Å². The van der Waals surface area contributed by atoms with Crippen LogP contribution in [0.1, 0.15) is 12.5 Å². The number of furan rings is 1. The zero-order chi connectivity index (χ0) is 22.7. The van der Waals surface area contributed by atoms with Gasteiger partial charge in [0, 0.05) is 36.9 Å². The Morgan fingerprint density at radius 1 is 0.938 bits per heavy atom. The van der Waals surface area contributed by atoms with Crippen molar-refractivity contribution in [1.82, 2.24) is 10.3 Å². The Kier molecular flexibility index (Phi) is 5.98. The van der Waals surface area contributed by atoms with Gasteiger partial charge >= 0.3 is 0 Å². The predicted molar refractivity (Wildman–Crippen MR) is 122 cm³/mol. The molecule has 2 aromatic heterocycles. The van der Waals surface area contributed by atoms with Crippen LogP contribution in [0.15, 0.2) is 59.1 Å². The molecule has 2 heterocycles. The second-order valence-electron chi connectivity index (χ2n) is 7.20. The van der Waals surface area contributed by atoms with E-state index in [1.165, 1.54) is 6.92 Å². The molecule has 0 radical (unpaired) electrons. The number of hydrogen-bond acceptors (Lipinski definition) is 6. The minimum absolute atomic E-state index is 0.0557. The molecular formula is C25H24N2O5. The minimum atomic E-state index is -0.0557. The Balaban J connectivity index is 1.74. The fourth-order valence-electron chi connectivity index (χ4n) is 3.56. The van der Waals surface area contributed by atoms with Gasteiger partial charge in [0.1, 0.15) is 11.3 Å². The lowest BCUT2D eigenvalue weighted by Crippen LogP contribution is -2.18. The molecule has 4 rings (SSSR count). The van der Waals surface area contributed by atoms with E-state index >= 15 is 0 Å². The van der Waals surface area contributed by atoms with E-state index in [-0.39, 0.29) is 5.91 Å². The number of ether oxygens (including phenoxy) is 3. The Labute approximate surface area is 185 Å². The van der Waals surface area contributed by atoms with Crippen molar-refractivity contribution < 1.29 is 23.4 Å². The Morgan fingerprint density at radius 2 is 1.62 bits per heavy atom. The van der Waals surface area contributed by atoms with Crippen LogP contribution in [0.3, 0.4) is 0 Å².